The van der Waals surface area contributed by atoms with Gasteiger partial charge in [-0.1, -0.05) is 12.1 Å². The molecule has 4 heteroatoms. The molecular formula is C10H10INO2. The number of hydrogen-bond acceptors (Lipinski definition) is 2. The first-order valence-electron chi connectivity index (χ1n) is 4.39. The Morgan fingerprint density at radius 1 is 1.36 bits per heavy atom. The maximum Gasteiger partial charge on any atom is 0.246 e. The van der Waals surface area contributed by atoms with Crippen LogP contribution in [-0.4, -0.2) is 19.1 Å². The second-order valence-corrected chi connectivity index (χ2v) is 4.40. The van der Waals surface area contributed by atoms with Gasteiger partial charge in [0.05, 0.1) is 0 Å². The Hall–Kier alpha value is -0.620. The van der Waals surface area contributed by atoms with Gasteiger partial charge < -0.3 is 10.1 Å². The molecule has 1 atom stereocenters. The first kappa shape index (κ1) is 9.92. The minimum absolute atomic E-state index is 0.00435. The van der Waals surface area contributed by atoms with Gasteiger partial charge in [0.1, 0.15) is 12.7 Å². The highest BCUT2D eigenvalue weighted by atomic mass is 127. The average Bonchev–Trinajstić information content (AvgIpc) is 2.21. The van der Waals surface area contributed by atoms with Crippen LogP contribution < -0.4 is 5.32 Å². The van der Waals surface area contributed by atoms with Crippen molar-refractivity contribution in [1.29, 1.82) is 0 Å². The summed E-state index contributed by atoms with van der Waals surface area (Å²) in [6, 6.07) is 8.14. The molecule has 0 radical (unpaired) electrons. The van der Waals surface area contributed by atoms with Gasteiger partial charge in [-0.3, -0.25) is 4.79 Å². The van der Waals surface area contributed by atoms with Crippen molar-refractivity contribution in [3.63, 3.8) is 0 Å². The molecule has 0 saturated carbocycles. The van der Waals surface area contributed by atoms with Crippen LogP contribution in [0, 0.1) is 3.57 Å². The number of ether oxygens (including phenoxy) is 1. The number of carbonyl (C=O) groups is 1. The first-order chi connectivity index (χ1) is 6.75. The maximum atomic E-state index is 10.9. The van der Waals surface area contributed by atoms with Crippen molar-refractivity contribution in [2.75, 3.05) is 13.2 Å². The second-order valence-electron chi connectivity index (χ2n) is 3.16. The molecule has 0 spiro atoms. The van der Waals surface area contributed by atoms with E-state index in [1.54, 1.807) is 0 Å². The van der Waals surface area contributed by atoms with Crippen LogP contribution in [0.5, 0.6) is 0 Å². The summed E-state index contributed by atoms with van der Waals surface area (Å²) in [6.07, 6.45) is 0.00435. The van der Waals surface area contributed by atoms with E-state index < -0.39 is 0 Å². The zero-order valence-electron chi connectivity index (χ0n) is 7.50. The lowest BCUT2D eigenvalue weighted by Gasteiger charge is -2.23. The smallest absolute Gasteiger partial charge is 0.246 e. The van der Waals surface area contributed by atoms with Crippen molar-refractivity contribution in [3.05, 3.63) is 33.4 Å². The Morgan fingerprint density at radius 3 is 2.64 bits per heavy atom. The van der Waals surface area contributed by atoms with Gasteiger partial charge in [-0.15, -0.1) is 0 Å². The van der Waals surface area contributed by atoms with Crippen LogP contribution in [0.15, 0.2) is 24.3 Å². The molecule has 1 aromatic carbocycles. The summed E-state index contributed by atoms with van der Waals surface area (Å²) in [6.45, 7) is 0.732. The molecule has 0 unspecified atom stereocenters. The van der Waals surface area contributed by atoms with E-state index in [1.165, 1.54) is 3.57 Å². The van der Waals surface area contributed by atoms with Gasteiger partial charge >= 0.3 is 0 Å². The Morgan fingerprint density at radius 2 is 2.07 bits per heavy atom. The van der Waals surface area contributed by atoms with Crippen molar-refractivity contribution in [1.82, 2.24) is 5.32 Å². The Balaban J connectivity index is 2.08. The summed E-state index contributed by atoms with van der Waals surface area (Å²) < 4.78 is 6.60. The molecule has 1 aromatic rings. The Labute approximate surface area is 96.0 Å². The standard InChI is InChI=1S/C10H10INO2/c11-8-3-1-7(2-4-8)9-5-12-10(13)6-14-9/h1-4,9H,5-6H2,(H,12,13)/t9-/m1/s1. The molecular weight excluding hydrogens is 293 g/mol. The lowest BCUT2D eigenvalue weighted by atomic mass is 10.1. The minimum Gasteiger partial charge on any atom is -0.362 e. The SMILES string of the molecule is O=C1CO[C@@H](c2ccc(I)cc2)CN1. The number of rotatable bonds is 1. The third-order valence-corrected chi connectivity index (χ3v) is 2.86. The van der Waals surface area contributed by atoms with Crippen LogP contribution in [-0.2, 0) is 9.53 Å². The fourth-order valence-electron chi connectivity index (χ4n) is 1.38. The predicted octanol–water partition coefficient (Wildman–Crippen LogP) is 1.48. The molecule has 0 bridgehead atoms. The van der Waals surface area contributed by atoms with Crippen molar-refractivity contribution < 1.29 is 9.53 Å². The van der Waals surface area contributed by atoms with E-state index in [0.717, 1.165) is 5.56 Å². The maximum absolute atomic E-state index is 10.9. The highest BCUT2D eigenvalue weighted by Gasteiger charge is 2.19. The molecule has 74 valence electrons. The molecule has 1 amide bonds. The molecule has 3 nitrogen and oxygen atoms in total. The second kappa shape index (κ2) is 4.27. The highest BCUT2D eigenvalue weighted by molar-refractivity contribution is 14.1. The zero-order valence-corrected chi connectivity index (χ0v) is 9.65. The van der Waals surface area contributed by atoms with Crippen LogP contribution in [0.2, 0.25) is 0 Å². The molecule has 1 aliphatic rings. The summed E-state index contributed by atoms with van der Waals surface area (Å²) in [5.41, 5.74) is 1.12. The summed E-state index contributed by atoms with van der Waals surface area (Å²) >= 11 is 2.26. The van der Waals surface area contributed by atoms with Gasteiger partial charge in [-0.25, -0.2) is 0 Å². The van der Waals surface area contributed by atoms with Gasteiger partial charge in [0.15, 0.2) is 0 Å². The third kappa shape index (κ3) is 2.24. The van der Waals surface area contributed by atoms with Gasteiger partial charge in [0, 0.05) is 10.1 Å². The molecule has 1 heterocycles. The quantitative estimate of drug-likeness (QED) is 0.798. The van der Waals surface area contributed by atoms with Crippen molar-refractivity contribution in [2.45, 2.75) is 6.10 Å². The van der Waals surface area contributed by atoms with E-state index in [9.17, 15) is 4.79 Å². The number of amides is 1. The summed E-state index contributed by atoms with van der Waals surface area (Å²) in [7, 11) is 0. The lowest BCUT2D eigenvalue weighted by Crippen LogP contribution is -2.38. The average molecular weight is 303 g/mol. The molecule has 0 aliphatic carbocycles. The fourth-order valence-corrected chi connectivity index (χ4v) is 1.74. The molecule has 0 aromatic heterocycles. The third-order valence-electron chi connectivity index (χ3n) is 2.14. The van der Waals surface area contributed by atoms with Crippen molar-refractivity contribution in [3.8, 4) is 0 Å². The molecule has 1 saturated heterocycles. The van der Waals surface area contributed by atoms with Crippen molar-refractivity contribution >= 4 is 28.5 Å². The Kier molecular flexibility index (Phi) is 3.02. The van der Waals surface area contributed by atoms with E-state index in [2.05, 4.69) is 27.9 Å². The number of hydrogen-bond donors (Lipinski definition) is 1. The number of morpholine rings is 1. The lowest BCUT2D eigenvalue weighted by molar-refractivity contribution is -0.133. The van der Waals surface area contributed by atoms with E-state index in [0.29, 0.717) is 6.54 Å². The van der Waals surface area contributed by atoms with E-state index >= 15 is 0 Å². The van der Waals surface area contributed by atoms with Gasteiger partial charge in [0.2, 0.25) is 5.91 Å². The monoisotopic (exact) mass is 303 g/mol. The van der Waals surface area contributed by atoms with Crippen LogP contribution in [0.25, 0.3) is 0 Å². The van der Waals surface area contributed by atoms with E-state index in [4.69, 9.17) is 4.74 Å². The van der Waals surface area contributed by atoms with Gasteiger partial charge in [-0.2, -0.15) is 0 Å². The molecule has 2 rings (SSSR count). The number of benzene rings is 1. The van der Waals surface area contributed by atoms with E-state index in [1.807, 2.05) is 24.3 Å². The van der Waals surface area contributed by atoms with Crippen molar-refractivity contribution in [2.24, 2.45) is 0 Å². The van der Waals surface area contributed by atoms with Crippen LogP contribution in [0.3, 0.4) is 0 Å². The fraction of sp³-hybridized carbons (Fsp3) is 0.300. The zero-order chi connectivity index (χ0) is 9.97. The number of halogens is 1. The van der Waals surface area contributed by atoms with Crippen LogP contribution in [0.4, 0.5) is 0 Å². The summed E-state index contributed by atoms with van der Waals surface area (Å²) in [5, 5.41) is 2.78. The summed E-state index contributed by atoms with van der Waals surface area (Å²) in [4.78, 5) is 10.9. The first-order valence-corrected chi connectivity index (χ1v) is 5.47. The highest BCUT2D eigenvalue weighted by Crippen LogP contribution is 2.19. The molecule has 14 heavy (non-hydrogen) atoms. The number of carbonyl (C=O) groups excluding carboxylic acids is 1. The summed E-state index contributed by atoms with van der Waals surface area (Å²) in [5.74, 6) is -0.0354. The predicted molar refractivity (Wildman–Crippen MR) is 60.9 cm³/mol. The van der Waals surface area contributed by atoms with Gasteiger partial charge in [-0.05, 0) is 40.3 Å². The minimum atomic E-state index is -0.0354. The normalized spacial score (nSPS) is 21.8. The van der Waals surface area contributed by atoms with Gasteiger partial charge in [0.25, 0.3) is 0 Å². The van der Waals surface area contributed by atoms with E-state index in [-0.39, 0.29) is 18.6 Å². The molecule has 1 N–H and O–H groups in total. The topological polar surface area (TPSA) is 38.3 Å². The largest absolute Gasteiger partial charge is 0.362 e. The molecule has 1 fully saturated rings. The molecule has 1 aliphatic heterocycles. The number of nitrogens with one attached hydrogen (secondary N) is 1. The Bertz CT molecular complexity index is 326. The van der Waals surface area contributed by atoms with Crippen LogP contribution >= 0.6 is 22.6 Å². The van der Waals surface area contributed by atoms with Crippen LogP contribution in [0.1, 0.15) is 11.7 Å².